The van der Waals surface area contributed by atoms with Crippen LogP contribution in [0.4, 0.5) is 0 Å². The van der Waals surface area contributed by atoms with E-state index in [2.05, 4.69) is 18.8 Å². The van der Waals surface area contributed by atoms with Crippen LogP contribution in [0, 0.1) is 0 Å². The molecule has 1 aliphatic heterocycles. The topological polar surface area (TPSA) is 70.2 Å². The van der Waals surface area contributed by atoms with Crippen LogP contribution in [0.25, 0.3) is 31.9 Å². The summed E-state index contributed by atoms with van der Waals surface area (Å²) in [4.78, 5) is 22.8. The fourth-order valence-electron chi connectivity index (χ4n) is 3.56. The molecule has 5 heterocycles. The van der Waals surface area contributed by atoms with Crippen molar-refractivity contribution in [3.8, 4) is 11.5 Å². The predicted octanol–water partition coefficient (Wildman–Crippen LogP) is 3.65. The Morgan fingerprint density at radius 1 is 1.31 bits per heavy atom. The quantitative estimate of drug-likeness (QED) is 0.513. The van der Waals surface area contributed by atoms with Crippen LogP contribution in [0.1, 0.15) is 25.0 Å². The zero-order valence-corrected chi connectivity index (χ0v) is 15.5. The summed E-state index contributed by atoms with van der Waals surface area (Å²) in [6, 6.07) is 3.75. The van der Waals surface area contributed by atoms with Gasteiger partial charge < -0.3 is 13.7 Å². The van der Waals surface area contributed by atoms with E-state index >= 15 is 0 Å². The first-order chi connectivity index (χ1) is 12.4. The first-order valence-electron chi connectivity index (χ1n) is 8.42. The molecule has 0 bridgehead atoms. The molecule has 0 radical (unpaired) electrons. The minimum atomic E-state index is -0.282. The van der Waals surface area contributed by atoms with E-state index < -0.39 is 0 Å². The van der Waals surface area contributed by atoms with E-state index in [9.17, 15) is 4.79 Å². The van der Waals surface area contributed by atoms with Crippen LogP contribution in [0.3, 0.4) is 0 Å². The second kappa shape index (κ2) is 5.25. The monoisotopic (exact) mass is 367 g/mol. The van der Waals surface area contributed by atoms with Crippen LogP contribution in [-0.2, 0) is 24.8 Å². The van der Waals surface area contributed by atoms with Crippen LogP contribution < -0.4 is 5.56 Å². The Labute approximate surface area is 153 Å². The molecule has 0 atom stereocenters. The Morgan fingerprint density at radius 3 is 2.92 bits per heavy atom. The van der Waals surface area contributed by atoms with Gasteiger partial charge in [0.05, 0.1) is 30.3 Å². The van der Waals surface area contributed by atoms with Crippen molar-refractivity contribution >= 4 is 31.8 Å². The zero-order chi connectivity index (χ0) is 18.1. The van der Waals surface area contributed by atoms with Crippen molar-refractivity contribution in [2.24, 2.45) is 7.05 Å². The van der Waals surface area contributed by atoms with E-state index in [1.54, 1.807) is 19.6 Å². The summed E-state index contributed by atoms with van der Waals surface area (Å²) in [5.41, 5.74) is 3.38. The molecule has 4 aromatic heterocycles. The summed E-state index contributed by atoms with van der Waals surface area (Å²) in [7, 11) is 1.72. The molecule has 0 fully saturated rings. The van der Waals surface area contributed by atoms with E-state index in [1.165, 1.54) is 15.9 Å². The van der Waals surface area contributed by atoms with Gasteiger partial charge in [-0.1, -0.05) is 0 Å². The zero-order valence-electron chi connectivity index (χ0n) is 14.7. The lowest BCUT2D eigenvalue weighted by molar-refractivity contribution is -0.0395. The first kappa shape index (κ1) is 15.7. The Balaban J connectivity index is 1.95. The van der Waals surface area contributed by atoms with Crippen molar-refractivity contribution in [3.05, 3.63) is 46.2 Å². The summed E-state index contributed by atoms with van der Waals surface area (Å²) >= 11 is 1.40. The number of furan rings is 1. The standard InChI is InChI=1S/C19H17N3O3S/c1-19(2)7-10-11(8-25-19)14(12-5-4-6-24-12)21-17-13(10)15-16(26-17)18(23)22(3)9-20-15/h4-6,9H,7-8H2,1-3H3. The SMILES string of the molecule is Cn1cnc2c(sc3nc(-c4ccco4)c4c(c32)CC(C)(C)OC4)c1=O. The maximum atomic E-state index is 12.6. The number of pyridine rings is 1. The number of rotatable bonds is 1. The lowest BCUT2D eigenvalue weighted by atomic mass is 9.89. The summed E-state index contributed by atoms with van der Waals surface area (Å²) in [5, 5.41) is 0.976. The van der Waals surface area contributed by atoms with Gasteiger partial charge in [0.1, 0.15) is 15.2 Å². The average Bonchev–Trinajstić information content (AvgIpc) is 3.24. The van der Waals surface area contributed by atoms with E-state index in [0.29, 0.717) is 17.1 Å². The Bertz CT molecular complexity index is 1220. The van der Waals surface area contributed by atoms with Crippen LogP contribution in [0.2, 0.25) is 0 Å². The van der Waals surface area contributed by atoms with Gasteiger partial charge >= 0.3 is 0 Å². The average molecular weight is 367 g/mol. The van der Waals surface area contributed by atoms with Gasteiger partial charge in [-0.3, -0.25) is 4.79 Å². The van der Waals surface area contributed by atoms with E-state index in [1.807, 2.05) is 12.1 Å². The van der Waals surface area contributed by atoms with Crippen molar-refractivity contribution in [3.63, 3.8) is 0 Å². The van der Waals surface area contributed by atoms with Crippen molar-refractivity contribution in [2.45, 2.75) is 32.5 Å². The Morgan fingerprint density at radius 2 is 2.15 bits per heavy atom. The third kappa shape index (κ3) is 2.17. The maximum absolute atomic E-state index is 12.6. The van der Waals surface area contributed by atoms with E-state index in [4.69, 9.17) is 14.1 Å². The summed E-state index contributed by atoms with van der Waals surface area (Å²) < 4.78 is 13.8. The van der Waals surface area contributed by atoms with Gasteiger partial charge in [0.2, 0.25) is 0 Å². The minimum Gasteiger partial charge on any atom is -0.463 e. The van der Waals surface area contributed by atoms with E-state index in [0.717, 1.165) is 39.0 Å². The van der Waals surface area contributed by atoms with Crippen molar-refractivity contribution in [1.82, 2.24) is 14.5 Å². The molecule has 4 aromatic rings. The normalized spacial score (nSPS) is 16.3. The van der Waals surface area contributed by atoms with Gasteiger partial charge in [0.15, 0.2) is 5.76 Å². The van der Waals surface area contributed by atoms with Crippen molar-refractivity contribution in [1.29, 1.82) is 0 Å². The van der Waals surface area contributed by atoms with Crippen molar-refractivity contribution < 1.29 is 9.15 Å². The van der Waals surface area contributed by atoms with Gasteiger partial charge in [-0.2, -0.15) is 0 Å². The molecule has 0 saturated heterocycles. The minimum absolute atomic E-state index is 0.0439. The number of nitrogens with zero attached hydrogens (tertiary/aromatic N) is 3. The second-order valence-electron chi connectivity index (χ2n) is 7.24. The molecule has 1 aliphatic rings. The van der Waals surface area contributed by atoms with Crippen LogP contribution in [-0.4, -0.2) is 20.1 Å². The predicted molar refractivity (Wildman–Crippen MR) is 100 cm³/mol. The summed E-state index contributed by atoms with van der Waals surface area (Å²) in [6.07, 6.45) is 3.95. The highest BCUT2D eigenvalue weighted by atomic mass is 32.1. The maximum Gasteiger partial charge on any atom is 0.271 e. The van der Waals surface area contributed by atoms with Gasteiger partial charge in [0, 0.05) is 24.4 Å². The summed E-state index contributed by atoms with van der Waals surface area (Å²) in [6.45, 7) is 4.62. The molecule has 0 saturated carbocycles. The fourth-order valence-corrected chi connectivity index (χ4v) is 4.70. The van der Waals surface area contributed by atoms with Crippen molar-refractivity contribution in [2.75, 3.05) is 0 Å². The fraction of sp³-hybridized carbons (Fsp3) is 0.316. The molecule has 0 unspecified atom stereocenters. The number of ether oxygens (including phenoxy) is 1. The van der Waals surface area contributed by atoms with Crippen LogP contribution >= 0.6 is 11.3 Å². The van der Waals surface area contributed by atoms with Gasteiger partial charge in [0.25, 0.3) is 5.56 Å². The molecule has 6 nitrogen and oxygen atoms in total. The summed E-state index contributed by atoms with van der Waals surface area (Å²) in [5.74, 6) is 0.713. The molecule has 7 heteroatoms. The van der Waals surface area contributed by atoms with Gasteiger partial charge in [-0.25, -0.2) is 9.97 Å². The third-order valence-electron chi connectivity index (χ3n) is 4.87. The number of fused-ring (bicyclic) bond motifs is 5. The Kier molecular flexibility index (Phi) is 3.17. The molecule has 0 N–H and O–H groups in total. The number of aryl methyl sites for hydroxylation is 1. The molecule has 26 heavy (non-hydrogen) atoms. The first-order valence-corrected chi connectivity index (χ1v) is 9.24. The Hall–Kier alpha value is -2.51. The largest absolute Gasteiger partial charge is 0.463 e. The molecule has 0 aliphatic carbocycles. The van der Waals surface area contributed by atoms with Crippen LogP contribution in [0.5, 0.6) is 0 Å². The lowest BCUT2D eigenvalue weighted by Gasteiger charge is -2.32. The molecule has 5 rings (SSSR count). The molecule has 0 aromatic carbocycles. The van der Waals surface area contributed by atoms with Crippen LogP contribution in [0.15, 0.2) is 33.9 Å². The molecule has 0 amide bonds. The number of hydrogen-bond acceptors (Lipinski definition) is 6. The highest BCUT2D eigenvalue weighted by Gasteiger charge is 2.32. The number of thiophene rings is 1. The second-order valence-corrected chi connectivity index (χ2v) is 8.24. The van der Waals surface area contributed by atoms with Gasteiger partial charge in [-0.15, -0.1) is 11.3 Å². The molecule has 132 valence electrons. The van der Waals surface area contributed by atoms with E-state index in [-0.39, 0.29) is 11.2 Å². The smallest absolute Gasteiger partial charge is 0.271 e. The molecular weight excluding hydrogens is 350 g/mol. The lowest BCUT2D eigenvalue weighted by Crippen LogP contribution is -2.32. The highest BCUT2D eigenvalue weighted by molar-refractivity contribution is 7.25. The molecule has 0 spiro atoms. The number of aromatic nitrogens is 3. The number of hydrogen-bond donors (Lipinski definition) is 0. The highest BCUT2D eigenvalue weighted by Crippen LogP contribution is 2.42. The third-order valence-corrected chi connectivity index (χ3v) is 5.93. The molecular formula is C19H17N3O3S. The van der Waals surface area contributed by atoms with Gasteiger partial charge in [-0.05, 0) is 31.5 Å².